The highest BCUT2D eigenvalue weighted by Gasteiger charge is 2.29. The van der Waals surface area contributed by atoms with Crippen molar-refractivity contribution in [3.8, 4) is 22.6 Å². The third kappa shape index (κ3) is 5.43. The third-order valence-electron chi connectivity index (χ3n) is 4.03. The van der Waals surface area contributed by atoms with E-state index in [0.29, 0.717) is 17.0 Å². The van der Waals surface area contributed by atoms with Crippen LogP contribution in [0.4, 0.5) is 13.2 Å². The van der Waals surface area contributed by atoms with Crippen molar-refractivity contribution in [1.29, 1.82) is 0 Å². The Labute approximate surface area is 166 Å². The molecule has 0 radical (unpaired) electrons. The van der Waals surface area contributed by atoms with E-state index >= 15 is 0 Å². The van der Waals surface area contributed by atoms with Crippen LogP contribution in [-0.4, -0.2) is 44.7 Å². The maximum atomic E-state index is 12.7. The van der Waals surface area contributed by atoms with Crippen molar-refractivity contribution in [2.75, 3.05) is 20.3 Å². The highest BCUT2D eigenvalue weighted by Crippen LogP contribution is 2.29. The molecule has 0 spiro atoms. The molecule has 6 nitrogen and oxygen atoms in total. The Kier molecular flexibility index (Phi) is 6.06. The van der Waals surface area contributed by atoms with Crippen LogP contribution in [0.2, 0.25) is 0 Å². The van der Waals surface area contributed by atoms with Gasteiger partial charge in [-0.05, 0) is 30.8 Å². The summed E-state index contributed by atoms with van der Waals surface area (Å²) in [5.74, 6) is 0.437. The van der Waals surface area contributed by atoms with Crippen LogP contribution < -0.4 is 4.72 Å². The second-order valence-electron chi connectivity index (χ2n) is 6.35. The molecule has 29 heavy (non-hydrogen) atoms. The van der Waals surface area contributed by atoms with Crippen LogP contribution in [0.1, 0.15) is 0 Å². The van der Waals surface area contributed by atoms with Crippen molar-refractivity contribution in [2.24, 2.45) is 0 Å². The van der Waals surface area contributed by atoms with Gasteiger partial charge in [0.05, 0.1) is 24.3 Å². The molecule has 0 saturated heterocycles. The maximum absolute atomic E-state index is 12.7. The van der Waals surface area contributed by atoms with Crippen LogP contribution in [0, 0.1) is 0 Å². The lowest BCUT2D eigenvalue weighted by Gasteiger charge is -2.19. The van der Waals surface area contributed by atoms with Gasteiger partial charge >= 0.3 is 6.18 Å². The molecule has 0 aliphatic heterocycles. The number of nitrogens with zero attached hydrogens (tertiary/aromatic N) is 2. The normalized spacial score (nSPS) is 12.4. The molecule has 0 aliphatic carbocycles. The first-order valence-electron chi connectivity index (χ1n) is 8.50. The van der Waals surface area contributed by atoms with E-state index in [1.807, 2.05) is 0 Å². The quantitative estimate of drug-likeness (QED) is 0.584. The zero-order chi connectivity index (χ0) is 21.1. The molecule has 2 aromatic carbocycles. The topological polar surface area (TPSA) is 75.4 Å². The Morgan fingerprint density at radius 2 is 1.72 bits per heavy atom. The summed E-state index contributed by atoms with van der Waals surface area (Å²) >= 11 is 0. The number of hydrogen-bond donors (Lipinski definition) is 1. The maximum Gasteiger partial charge on any atom is 0.401 e. The standard InChI is InChI=1S/C19H18F3N3O3S/c1-25(12-19(20,21)22)13-24-29(26,27)17-5-3-2-4-16(17)14-6-8-15(9-7-14)18-23-10-11-28-18/h2-11,24H,12-13H2,1H3. The molecule has 0 fully saturated rings. The summed E-state index contributed by atoms with van der Waals surface area (Å²) in [4.78, 5) is 4.87. The van der Waals surface area contributed by atoms with E-state index in [4.69, 9.17) is 4.42 Å². The minimum Gasteiger partial charge on any atom is -0.445 e. The second kappa shape index (κ2) is 8.36. The van der Waals surface area contributed by atoms with E-state index in [9.17, 15) is 21.6 Å². The molecule has 0 unspecified atom stereocenters. The monoisotopic (exact) mass is 425 g/mol. The molecule has 0 saturated carbocycles. The van der Waals surface area contributed by atoms with E-state index < -0.39 is 29.4 Å². The number of alkyl halides is 3. The fourth-order valence-corrected chi connectivity index (χ4v) is 4.01. The predicted molar refractivity (Wildman–Crippen MR) is 101 cm³/mol. The summed E-state index contributed by atoms with van der Waals surface area (Å²) in [6.45, 7) is -1.70. The largest absolute Gasteiger partial charge is 0.445 e. The van der Waals surface area contributed by atoms with Crippen LogP contribution in [0.25, 0.3) is 22.6 Å². The zero-order valence-electron chi connectivity index (χ0n) is 15.3. The molecule has 1 N–H and O–H groups in total. The molecule has 0 aliphatic rings. The van der Waals surface area contributed by atoms with Gasteiger partial charge in [0.2, 0.25) is 15.9 Å². The van der Waals surface area contributed by atoms with Crippen LogP contribution in [-0.2, 0) is 10.0 Å². The number of benzene rings is 2. The molecule has 1 heterocycles. The van der Waals surface area contributed by atoms with Crippen molar-refractivity contribution in [2.45, 2.75) is 11.1 Å². The van der Waals surface area contributed by atoms with Crippen molar-refractivity contribution >= 4 is 10.0 Å². The molecular weight excluding hydrogens is 407 g/mol. The van der Waals surface area contributed by atoms with Gasteiger partial charge in [-0.15, -0.1) is 0 Å². The average molecular weight is 425 g/mol. The number of nitrogens with one attached hydrogen (secondary N) is 1. The molecule has 0 bridgehead atoms. The Balaban J connectivity index is 1.83. The summed E-state index contributed by atoms with van der Waals surface area (Å²) in [6.07, 6.45) is -1.44. The minimum absolute atomic E-state index is 0.0238. The summed E-state index contributed by atoms with van der Waals surface area (Å²) in [7, 11) is -2.85. The summed E-state index contributed by atoms with van der Waals surface area (Å²) in [5.41, 5.74) is 1.79. The molecule has 3 rings (SSSR count). The van der Waals surface area contributed by atoms with Gasteiger partial charge in [-0.3, -0.25) is 4.90 Å². The molecule has 154 valence electrons. The Bertz CT molecular complexity index is 1050. The number of oxazole rings is 1. The number of rotatable bonds is 7. The SMILES string of the molecule is CN(CNS(=O)(=O)c1ccccc1-c1ccc(-c2ncco2)cc1)CC(F)(F)F. The van der Waals surface area contributed by atoms with Crippen LogP contribution in [0.3, 0.4) is 0 Å². The molecule has 0 atom stereocenters. The third-order valence-corrected chi connectivity index (χ3v) is 5.47. The van der Waals surface area contributed by atoms with E-state index in [1.165, 1.54) is 25.6 Å². The van der Waals surface area contributed by atoms with Gasteiger partial charge in [0, 0.05) is 11.1 Å². The smallest absolute Gasteiger partial charge is 0.401 e. The second-order valence-corrected chi connectivity index (χ2v) is 8.08. The molecule has 3 aromatic rings. The van der Waals surface area contributed by atoms with Gasteiger partial charge in [-0.25, -0.2) is 13.4 Å². The minimum atomic E-state index is -4.41. The highest BCUT2D eigenvalue weighted by atomic mass is 32.2. The first-order chi connectivity index (χ1) is 13.7. The van der Waals surface area contributed by atoms with E-state index in [1.54, 1.807) is 42.5 Å². The van der Waals surface area contributed by atoms with Crippen molar-refractivity contribution in [3.05, 3.63) is 61.0 Å². The number of aromatic nitrogens is 1. The van der Waals surface area contributed by atoms with Crippen molar-refractivity contribution in [1.82, 2.24) is 14.6 Å². The molecule has 1 aromatic heterocycles. The van der Waals surface area contributed by atoms with Gasteiger partial charge in [-0.2, -0.15) is 17.9 Å². The van der Waals surface area contributed by atoms with E-state index in [2.05, 4.69) is 9.71 Å². The predicted octanol–water partition coefficient (Wildman–Crippen LogP) is 3.74. The van der Waals surface area contributed by atoms with E-state index in [-0.39, 0.29) is 4.90 Å². The lowest BCUT2D eigenvalue weighted by molar-refractivity contribution is -0.143. The van der Waals surface area contributed by atoms with Gasteiger partial charge in [0.15, 0.2) is 0 Å². The molecular formula is C19H18F3N3O3S. The first-order valence-corrected chi connectivity index (χ1v) is 9.98. The lowest BCUT2D eigenvalue weighted by atomic mass is 10.0. The van der Waals surface area contributed by atoms with Crippen molar-refractivity contribution in [3.63, 3.8) is 0 Å². The Morgan fingerprint density at radius 1 is 1.07 bits per heavy atom. The van der Waals surface area contributed by atoms with Gasteiger partial charge in [0.25, 0.3) is 0 Å². The van der Waals surface area contributed by atoms with Crippen LogP contribution in [0.5, 0.6) is 0 Å². The van der Waals surface area contributed by atoms with Crippen LogP contribution >= 0.6 is 0 Å². The highest BCUT2D eigenvalue weighted by molar-refractivity contribution is 7.89. The van der Waals surface area contributed by atoms with Gasteiger partial charge < -0.3 is 4.42 Å². The zero-order valence-corrected chi connectivity index (χ0v) is 16.2. The first kappa shape index (κ1) is 21.0. The molecule has 0 amide bonds. The van der Waals surface area contributed by atoms with Gasteiger partial charge in [0.1, 0.15) is 6.26 Å². The van der Waals surface area contributed by atoms with Crippen LogP contribution in [0.15, 0.2) is 70.3 Å². The van der Waals surface area contributed by atoms with Crippen molar-refractivity contribution < 1.29 is 26.0 Å². The van der Waals surface area contributed by atoms with E-state index in [0.717, 1.165) is 10.5 Å². The lowest BCUT2D eigenvalue weighted by Crippen LogP contribution is -2.40. The summed E-state index contributed by atoms with van der Waals surface area (Å²) in [6, 6.07) is 13.2. The number of hydrogen-bond acceptors (Lipinski definition) is 5. The fraction of sp³-hybridized carbons (Fsp3) is 0.211. The average Bonchev–Trinajstić information content (AvgIpc) is 3.20. The fourth-order valence-electron chi connectivity index (χ4n) is 2.73. The number of sulfonamides is 1. The molecule has 10 heteroatoms. The Hall–Kier alpha value is -2.69. The van der Waals surface area contributed by atoms with Gasteiger partial charge in [-0.1, -0.05) is 30.3 Å². The summed E-state index contributed by atoms with van der Waals surface area (Å²) in [5, 5.41) is 0. The Morgan fingerprint density at radius 3 is 2.34 bits per heavy atom. The summed E-state index contributed by atoms with van der Waals surface area (Å²) < 4.78 is 70.2. The number of halogens is 3.